The molecule has 0 aliphatic heterocycles. The van der Waals surface area contributed by atoms with Gasteiger partial charge in [0.25, 0.3) is 5.91 Å². The molecule has 1 aromatic heterocycles. The number of benzene rings is 1. The second kappa shape index (κ2) is 7.61. The number of para-hydroxylation sites is 1. The van der Waals surface area contributed by atoms with Gasteiger partial charge in [0.05, 0.1) is 5.69 Å². The number of hydrogen-bond donors (Lipinski definition) is 1. The van der Waals surface area contributed by atoms with Gasteiger partial charge in [0.1, 0.15) is 4.88 Å². The zero-order valence-corrected chi connectivity index (χ0v) is 14.8. The second-order valence-corrected chi connectivity index (χ2v) is 7.13. The summed E-state index contributed by atoms with van der Waals surface area (Å²) in [5.74, 6) is -1.09. The zero-order chi connectivity index (χ0) is 17.8. The highest BCUT2D eigenvalue weighted by molar-refractivity contribution is 7.14. The molecule has 1 aliphatic carbocycles. The average Bonchev–Trinajstić information content (AvgIpc) is 3.04. The standard InChI is InChI=1S/C19H19NO4S/c1-12(21)14-7-3-4-8-15(14)20-18(22)11-24-19(23)17-10-13-6-2-5-9-16(13)25-17/h3-4,7-8,10H,2,5-6,9,11H2,1H3,(H,20,22). The number of nitrogens with one attached hydrogen (secondary N) is 1. The van der Waals surface area contributed by atoms with Gasteiger partial charge >= 0.3 is 5.97 Å². The van der Waals surface area contributed by atoms with Crippen molar-refractivity contribution in [2.45, 2.75) is 32.6 Å². The van der Waals surface area contributed by atoms with Crippen LogP contribution in [0.15, 0.2) is 30.3 Å². The largest absolute Gasteiger partial charge is 0.451 e. The summed E-state index contributed by atoms with van der Waals surface area (Å²) in [5.41, 5.74) is 2.07. The van der Waals surface area contributed by atoms with Crippen molar-refractivity contribution in [3.8, 4) is 0 Å². The summed E-state index contributed by atoms with van der Waals surface area (Å²) in [6.07, 6.45) is 4.31. The van der Waals surface area contributed by atoms with E-state index in [1.807, 2.05) is 6.07 Å². The lowest BCUT2D eigenvalue weighted by molar-refractivity contribution is -0.119. The second-order valence-electron chi connectivity index (χ2n) is 5.99. The summed E-state index contributed by atoms with van der Waals surface area (Å²) in [6.45, 7) is 1.05. The Morgan fingerprint density at radius 2 is 1.92 bits per heavy atom. The van der Waals surface area contributed by atoms with E-state index in [0.29, 0.717) is 16.1 Å². The summed E-state index contributed by atoms with van der Waals surface area (Å²) < 4.78 is 5.11. The molecule has 6 heteroatoms. The van der Waals surface area contributed by atoms with Crippen LogP contribution in [0.4, 0.5) is 5.69 Å². The first-order valence-electron chi connectivity index (χ1n) is 8.23. The Bertz CT molecular complexity index is 801. The number of fused-ring (bicyclic) bond motifs is 1. The topological polar surface area (TPSA) is 72.5 Å². The van der Waals surface area contributed by atoms with Gasteiger partial charge in [-0.15, -0.1) is 11.3 Å². The van der Waals surface area contributed by atoms with Crippen molar-refractivity contribution < 1.29 is 19.1 Å². The van der Waals surface area contributed by atoms with Gasteiger partial charge in [-0.1, -0.05) is 12.1 Å². The van der Waals surface area contributed by atoms with Gasteiger partial charge in [0, 0.05) is 10.4 Å². The van der Waals surface area contributed by atoms with Crippen LogP contribution >= 0.6 is 11.3 Å². The summed E-state index contributed by atoms with van der Waals surface area (Å²) >= 11 is 1.45. The van der Waals surface area contributed by atoms with Gasteiger partial charge < -0.3 is 10.1 Å². The fraction of sp³-hybridized carbons (Fsp3) is 0.316. The van der Waals surface area contributed by atoms with Crippen LogP contribution in [0.2, 0.25) is 0 Å². The van der Waals surface area contributed by atoms with Gasteiger partial charge in [-0.05, 0) is 56.4 Å². The molecule has 25 heavy (non-hydrogen) atoms. The maximum Gasteiger partial charge on any atom is 0.348 e. The maximum atomic E-state index is 12.1. The van der Waals surface area contributed by atoms with E-state index in [1.54, 1.807) is 24.3 Å². The van der Waals surface area contributed by atoms with E-state index in [1.165, 1.54) is 28.7 Å². The van der Waals surface area contributed by atoms with Crippen molar-refractivity contribution >= 4 is 34.7 Å². The molecule has 0 radical (unpaired) electrons. The number of carbonyl (C=O) groups excluding carboxylic acids is 3. The lowest BCUT2D eigenvalue weighted by atomic mass is 9.99. The Labute approximate surface area is 150 Å². The number of carbonyl (C=O) groups is 3. The van der Waals surface area contributed by atoms with Crippen molar-refractivity contribution in [3.63, 3.8) is 0 Å². The summed E-state index contributed by atoms with van der Waals surface area (Å²) in [7, 11) is 0. The highest BCUT2D eigenvalue weighted by Gasteiger charge is 2.19. The molecule has 0 saturated carbocycles. The van der Waals surface area contributed by atoms with E-state index >= 15 is 0 Å². The molecule has 0 saturated heterocycles. The number of Topliss-reactive ketones (excluding diaryl/α,β-unsaturated/α-hetero) is 1. The lowest BCUT2D eigenvalue weighted by Crippen LogP contribution is -2.21. The minimum absolute atomic E-state index is 0.142. The molecule has 0 fully saturated rings. The molecule has 3 rings (SSSR count). The van der Waals surface area contributed by atoms with Gasteiger partial charge in [-0.3, -0.25) is 9.59 Å². The molecule has 2 aromatic rings. The van der Waals surface area contributed by atoms with E-state index in [-0.39, 0.29) is 12.4 Å². The van der Waals surface area contributed by atoms with Crippen LogP contribution in [0.3, 0.4) is 0 Å². The molecule has 130 valence electrons. The zero-order valence-electron chi connectivity index (χ0n) is 14.0. The van der Waals surface area contributed by atoms with E-state index in [4.69, 9.17) is 4.74 Å². The normalized spacial score (nSPS) is 13.0. The fourth-order valence-electron chi connectivity index (χ4n) is 2.88. The van der Waals surface area contributed by atoms with Crippen LogP contribution in [0.25, 0.3) is 0 Å². The van der Waals surface area contributed by atoms with E-state index in [2.05, 4.69) is 5.32 Å². The quantitative estimate of drug-likeness (QED) is 0.655. The third-order valence-electron chi connectivity index (χ3n) is 4.11. The molecule has 1 N–H and O–H groups in total. The predicted molar refractivity (Wildman–Crippen MR) is 96.3 cm³/mol. The monoisotopic (exact) mass is 357 g/mol. The minimum Gasteiger partial charge on any atom is -0.451 e. The first-order chi connectivity index (χ1) is 12.0. The predicted octanol–water partition coefficient (Wildman–Crippen LogP) is 3.63. The molecular weight excluding hydrogens is 338 g/mol. The summed E-state index contributed by atoms with van der Waals surface area (Å²) in [5, 5.41) is 2.61. The molecule has 0 unspecified atom stereocenters. The number of anilines is 1. The third kappa shape index (κ3) is 4.14. The van der Waals surface area contributed by atoms with Crippen LogP contribution in [0.1, 0.15) is 50.2 Å². The molecule has 1 amide bonds. The molecule has 0 bridgehead atoms. The van der Waals surface area contributed by atoms with Gasteiger partial charge in [0.15, 0.2) is 12.4 Å². The van der Waals surface area contributed by atoms with Crippen molar-refractivity contribution in [2.24, 2.45) is 0 Å². The van der Waals surface area contributed by atoms with Crippen LogP contribution in [-0.2, 0) is 22.4 Å². The first kappa shape index (κ1) is 17.4. The Balaban J connectivity index is 1.58. The minimum atomic E-state index is -0.477. The van der Waals surface area contributed by atoms with Crippen LogP contribution in [-0.4, -0.2) is 24.3 Å². The number of thiophene rings is 1. The van der Waals surface area contributed by atoms with Gasteiger partial charge in [-0.2, -0.15) is 0 Å². The fourth-order valence-corrected chi connectivity index (χ4v) is 4.03. The number of esters is 1. The van der Waals surface area contributed by atoms with Gasteiger partial charge in [0.2, 0.25) is 0 Å². The van der Waals surface area contributed by atoms with Gasteiger partial charge in [-0.25, -0.2) is 4.79 Å². The molecule has 5 nitrogen and oxygen atoms in total. The number of ether oxygens (including phenoxy) is 1. The van der Waals surface area contributed by atoms with Crippen molar-refractivity contribution in [2.75, 3.05) is 11.9 Å². The Morgan fingerprint density at radius 3 is 2.68 bits per heavy atom. The lowest BCUT2D eigenvalue weighted by Gasteiger charge is -2.09. The Kier molecular flexibility index (Phi) is 5.28. The molecule has 1 aliphatic rings. The van der Waals surface area contributed by atoms with Crippen molar-refractivity contribution in [3.05, 3.63) is 51.2 Å². The Hall–Kier alpha value is -2.47. The third-order valence-corrected chi connectivity index (χ3v) is 5.33. The van der Waals surface area contributed by atoms with Crippen molar-refractivity contribution in [1.29, 1.82) is 0 Å². The van der Waals surface area contributed by atoms with E-state index in [9.17, 15) is 14.4 Å². The SMILES string of the molecule is CC(=O)c1ccccc1NC(=O)COC(=O)c1cc2c(s1)CCCC2. The van der Waals surface area contributed by atoms with E-state index in [0.717, 1.165) is 25.7 Å². The smallest absolute Gasteiger partial charge is 0.348 e. The first-order valence-corrected chi connectivity index (χ1v) is 9.05. The van der Waals surface area contributed by atoms with Crippen LogP contribution in [0.5, 0.6) is 0 Å². The number of amides is 1. The van der Waals surface area contributed by atoms with Crippen LogP contribution in [0, 0.1) is 0 Å². The number of ketones is 1. The number of hydrogen-bond acceptors (Lipinski definition) is 5. The molecule has 1 heterocycles. The molecule has 0 spiro atoms. The average molecular weight is 357 g/mol. The maximum absolute atomic E-state index is 12.1. The number of aryl methyl sites for hydroxylation is 2. The van der Waals surface area contributed by atoms with Crippen LogP contribution < -0.4 is 5.32 Å². The molecule has 1 aromatic carbocycles. The van der Waals surface area contributed by atoms with Crippen molar-refractivity contribution in [1.82, 2.24) is 0 Å². The highest BCUT2D eigenvalue weighted by Crippen LogP contribution is 2.30. The molecule has 0 atom stereocenters. The Morgan fingerprint density at radius 1 is 1.16 bits per heavy atom. The highest BCUT2D eigenvalue weighted by atomic mass is 32.1. The summed E-state index contributed by atoms with van der Waals surface area (Å²) in [6, 6.07) is 8.61. The summed E-state index contributed by atoms with van der Waals surface area (Å²) in [4.78, 5) is 37.5. The molecular formula is C19H19NO4S. The van der Waals surface area contributed by atoms with E-state index < -0.39 is 11.9 Å². The number of rotatable bonds is 5.